The monoisotopic (exact) mass is 494 g/mol. The largest absolute Gasteiger partial charge is 0.480 e. The Balaban J connectivity index is 0.000000323. The van der Waals surface area contributed by atoms with Crippen molar-refractivity contribution in [1.82, 2.24) is 15.2 Å². The number of benzene rings is 1. The molecule has 2 N–H and O–H groups in total. The molecule has 1 atom stereocenters. The molecule has 1 aromatic heterocycles. The average molecular weight is 495 g/mol. The second kappa shape index (κ2) is 11.4. The molecule has 1 saturated heterocycles. The highest BCUT2D eigenvalue weighted by molar-refractivity contribution is 7.11. The Kier molecular flexibility index (Phi) is 8.54. The van der Waals surface area contributed by atoms with E-state index in [1.165, 1.54) is 30.6 Å². The molecule has 33 heavy (non-hydrogen) atoms. The number of esters is 1. The van der Waals surface area contributed by atoms with Crippen molar-refractivity contribution in [3.05, 3.63) is 62.5 Å². The summed E-state index contributed by atoms with van der Waals surface area (Å²) in [7, 11) is 1.33. The molecule has 0 saturated carbocycles. The third kappa shape index (κ3) is 6.59. The van der Waals surface area contributed by atoms with Crippen LogP contribution in [-0.2, 0) is 14.3 Å². The number of methoxy groups -OCH3 is 1. The zero-order valence-electron chi connectivity index (χ0n) is 18.2. The predicted molar refractivity (Wildman–Crippen MR) is 124 cm³/mol. The zero-order valence-corrected chi connectivity index (χ0v) is 19.7. The number of nitrogens with one attached hydrogen (secondary N) is 1. The topological polar surface area (TPSA) is 104 Å². The number of thiazole rings is 1. The van der Waals surface area contributed by atoms with E-state index in [4.69, 9.17) is 16.3 Å². The molecule has 2 aliphatic heterocycles. The summed E-state index contributed by atoms with van der Waals surface area (Å²) in [5.74, 6) is -0.978. The molecule has 0 amide bonds. The summed E-state index contributed by atoms with van der Waals surface area (Å²) in [5.41, 5.74) is 1.97. The van der Waals surface area contributed by atoms with Gasteiger partial charge in [-0.1, -0.05) is 17.7 Å². The lowest BCUT2D eigenvalue weighted by atomic mass is 10.1. The summed E-state index contributed by atoms with van der Waals surface area (Å²) < 4.78 is 16.9. The van der Waals surface area contributed by atoms with Gasteiger partial charge in [0.15, 0.2) is 10.8 Å². The number of amidine groups is 1. The van der Waals surface area contributed by atoms with Crippen molar-refractivity contribution < 1.29 is 23.8 Å². The number of halogens is 2. The molecule has 4 rings (SSSR count). The number of hydrogen-bond donors (Lipinski definition) is 2. The molecule has 0 bridgehead atoms. The first-order chi connectivity index (χ1) is 15.8. The number of carboxylic acid groups (broad SMARTS) is 1. The van der Waals surface area contributed by atoms with Crippen molar-refractivity contribution in [2.75, 3.05) is 26.7 Å². The molecule has 2 aromatic rings. The molecule has 0 unspecified atom stereocenters. The molecular formula is C22H24ClFN4O4S. The van der Waals surface area contributed by atoms with Gasteiger partial charge in [-0.25, -0.2) is 14.2 Å². The fourth-order valence-corrected chi connectivity index (χ4v) is 4.44. The van der Waals surface area contributed by atoms with Gasteiger partial charge in [-0.2, -0.15) is 0 Å². The van der Waals surface area contributed by atoms with E-state index in [0.717, 1.165) is 17.1 Å². The van der Waals surface area contributed by atoms with Crippen LogP contribution in [0.2, 0.25) is 5.02 Å². The number of aliphatic imine (C=N–C) groups is 1. The molecule has 0 aliphatic carbocycles. The normalized spacial score (nSPS) is 18.2. The van der Waals surface area contributed by atoms with Crippen LogP contribution in [0.3, 0.4) is 0 Å². The van der Waals surface area contributed by atoms with Gasteiger partial charge in [0.1, 0.15) is 11.9 Å². The lowest BCUT2D eigenvalue weighted by Crippen LogP contribution is -2.42. The van der Waals surface area contributed by atoms with Gasteiger partial charge in [-0.3, -0.25) is 14.7 Å². The average Bonchev–Trinajstić information content (AvgIpc) is 3.42. The van der Waals surface area contributed by atoms with Gasteiger partial charge in [0.05, 0.1) is 19.2 Å². The van der Waals surface area contributed by atoms with Crippen molar-refractivity contribution in [3.8, 4) is 0 Å². The SMILES string of the molecule is COC(=O)C1=C(CN2CCC[C@H]2C(=O)O)NC(c2nc(C)cs2)=NC1.Fc1cccc(Cl)c1. The first-order valence-electron chi connectivity index (χ1n) is 10.2. The molecule has 1 aromatic carbocycles. The first kappa shape index (κ1) is 24.8. The van der Waals surface area contributed by atoms with Crippen LogP contribution in [0.25, 0.3) is 0 Å². The van der Waals surface area contributed by atoms with Crippen LogP contribution in [0.5, 0.6) is 0 Å². The molecule has 0 radical (unpaired) electrons. The standard InChI is InChI=1S/C16H20N4O4S.C6H4ClF/c1-9-8-25-14(18-9)13-17-6-10(16(23)24-2)11(19-13)7-20-5-3-4-12(20)15(21)22;7-5-2-1-3-6(8)4-5/h8,12H,3-7H2,1-2H3,(H,17,19)(H,21,22);1-4H/t12-;/m0./s1. The van der Waals surface area contributed by atoms with Crippen LogP contribution in [-0.4, -0.2) is 65.6 Å². The summed E-state index contributed by atoms with van der Waals surface area (Å²) in [6.45, 7) is 3.11. The molecule has 3 heterocycles. The van der Waals surface area contributed by atoms with Crippen LogP contribution < -0.4 is 5.32 Å². The van der Waals surface area contributed by atoms with Crippen molar-refractivity contribution in [2.24, 2.45) is 4.99 Å². The molecule has 0 spiro atoms. The number of rotatable bonds is 5. The number of ether oxygens (including phenoxy) is 1. The van der Waals surface area contributed by atoms with Gasteiger partial charge in [-0.05, 0) is 44.5 Å². The zero-order chi connectivity index (χ0) is 24.0. The van der Waals surface area contributed by atoms with E-state index < -0.39 is 18.0 Å². The minimum Gasteiger partial charge on any atom is -0.480 e. The summed E-state index contributed by atoms with van der Waals surface area (Å²) in [5, 5.41) is 15.7. The predicted octanol–water partition coefficient (Wildman–Crippen LogP) is 3.26. The number of nitrogens with zero attached hydrogens (tertiary/aromatic N) is 3. The van der Waals surface area contributed by atoms with Gasteiger partial charge < -0.3 is 15.2 Å². The molecule has 176 valence electrons. The molecular weight excluding hydrogens is 471 g/mol. The van der Waals surface area contributed by atoms with E-state index in [9.17, 15) is 19.1 Å². The summed E-state index contributed by atoms with van der Waals surface area (Å²) in [4.78, 5) is 34.2. The van der Waals surface area contributed by atoms with Crippen molar-refractivity contribution >= 4 is 40.7 Å². The summed E-state index contributed by atoms with van der Waals surface area (Å²) in [6.07, 6.45) is 1.44. The number of aryl methyl sites for hydroxylation is 1. The first-order valence-corrected chi connectivity index (χ1v) is 11.5. The van der Waals surface area contributed by atoms with Crippen LogP contribution in [0, 0.1) is 12.7 Å². The molecule has 8 nitrogen and oxygen atoms in total. The Morgan fingerprint density at radius 1 is 1.42 bits per heavy atom. The number of carbonyl (C=O) groups is 2. The number of aliphatic carboxylic acids is 1. The van der Waals surface area contributed by atoms with Crippen molar-refractivity contribution in [2.45, 2.75) is 25.8 Å². The van der Waals surface area contributed by atoms with Crippen LogP contribution in [0.1, 0.15) is 23.5 Å². The Morgan fingerprint density at radius 3 is 2.79 bits per heavy atom. The molecule has 1 fully saturated rings. The van der Waals surface area contributed by atoms with Crippen LogP contribution in [0.4, 0.5) is 4.39 Å². The van der Waals surface area contributed by atoms with E-state index in [-0.39, 0.29) is 12.4 Å². The van der Waals surface area contributed by atoms with E-state index in [2.05, 4.69) is 15.3 Å². The maximum atomic E-state index is 12.1. The second-order valence-corrected chi connectivity index (χ2v) is 8.73. The molecule has 2 aliphatic rings. The van der Waals surface area contributed by atoms with Crippen LogP contribution >= 0.6 is 22.9 Å². The Hall–Kier alpha value is -2.82. The second-order valence-electron chi connectivity index (χ2n) is 7.44. The van der Waals surface area contributed by atoms with Crippen LogP contribution in [0.15, 0.2) is 45.9 Å². The minimum atomic E-state index is -0.835. The fraction of sp³-hybridized carbons (Fsp3) is 0.364. The Bertz CT molecular complexity index is 1070. The van der Waals surface area contributed by atoms with Gasteiger partial charge in [0.25, 0.3) is 0 Å². The van der Waals surface area contributed by atoms with Crippen molar-refractivity contribution in [3.63, 3.8) is 0 Å². The van der Waals surface area contributed by atoms with E-state index in [1.807, 2.05) is 17.2 Å². The van der Waals surface area contributed by atoms with E-state index in [1.54, 1.807) is 12.1 Å². The molecule has 11 heteroatoms. The van der Waals surface area contributed by atoms with Gasteiger partial charge in [0.2, 0.25) is 0 Å². The van der Waals surface area contributed by atoms with E-state index >= 15 is 0 Å². The number of aromatic nitrogens is 1. The van der Waals surface area contributed by atoms with Gasteiger partial charge in [-0.15, -0.1) is 11.3 Å². The lowest BCUT2D eigenvalue weighted by Gasteiger charge is -2.26. The van der Waals surface area contributed by atoms with E-state index in [0.29, 0.717) is 41.6 Å². The maximum absolute atomic E-state index is 12.1. The highest BCUT2D eigenvalue weighted by atomic mass is 35.5. The fourth-order valence-electron chi connectivity index (χ4n) is 3.50. The Morgan fingerprint density at radius 2 is 2.21 bits per heavy atom. The third-order valence-corrected chi connectivity index (χ3v) is 6.28. The Labute approximate surface area is 199 Å². The maximum Gasteiger partial charge on any atom is 0.337 e. The minimum absolute atomic E-state index is 0.189. The van der Waals surface area contributed by atoms with Crippen molar-refractivity contribution in [1.29, 1.82) is 0 Å². The quantitative estimate of drug-likeness (QED) is 0.615. The third-order valence-electron chi connectivity index (χ3n) is 5.08. The summed E-state index contributed by atoms with van der Waals surface area (Å²) in [6, 6.07) is 5.29. The number of carbonyl (C=O) groups excluding carboxylic acids is 1. The number of hydrogen-bond acceptors (Lipinski definition) is 8. The number of likely N-dealkylation sites (tertiary alicyclic amines) is 1. The highest BCUT2D eigenvalue weighted by Gasteiger charge is 2.33. The van der Waals surface area contributed by atoms with Gasteiger partial charge >= 0.3 is 11.9 Å². The number of carboxylic acids is 1. The smallest absolute Gasteiger partial charge is 0.337 e. The lowest BCUT2D eigenvalue weighted by molar-refractivity contribution is -0.142. The van der Waals surface area contributed by atoms with Gasteiger partial charge in [0, 0.05) is 28.3 Å². The summed E-state index contributed by atoms with van der Waals surface area (Å²) >= 11 is 6.88. The highest BCUT2D eigenvalue weighted by Crippen LogP contribution is 2.22.